The highest BCUT2D eigenvalue weighted by molar-refractivity contribution is 9.11. The lowest BCUT2D eigenvalue weighted by atomic mass is 10.2. The molecule has 5 heteroatoms. The van der Waals surface area contributed by atoms with E-state index in [2.05, 4.69) is 28.2 Å². The van der Waals surface area contributed by atoms with Gasteiger partial charge in [-0.15, -0.1) is 11.3 Å². The van der Waals surface area contributed by atoms with E-state index in [0.29, 0.717) is 6.61 Å². The molecule has 0 radical (unpaired) electrons. The minimum absolute atomic E-state index is 0.0145. The number of halogens is 1. The third-order valence-corrected chi connectivity index (χ3v) is 4.56. The number of amides is 1. The minimum atomic E-state index is -0.0145. The lowest BCUT2D eigenvalue weighted by molar-refractivity contribution is 0.0895. The molecule has 0 saturated heterocycles. The molecule has 0 fully saturated rings. The van der Waals surface area contributed by atoms with Crippen molar-refractivity contribution in [3.63, 3.8) is 0 Å². The van der Waals surface area contributed by atoms with E-state index in [1.54, 1.807) is 7.11 Å². The normalized spacial score (nSPS) is 12.5. The molecule has 1 heterocycles. The van der Waals surface area contributed by atoms with Crippen molar-refractivity contribution in [1.29, 1.82) is 0 Å². The van der Waals surface area contributed by atoms with E-state index in [9.17, 15) is 4.79 Å². The first kappa shape index (κ1) is 14.7. The van der Waals surface area contributed by atoms with Gasteiger partial charge in [0, 0.05) is 7.11 Å². The van der Waals surface area contributed by atoms with Crippen LogP contribution in [0.2, 0.25) is 0 Å². The fourth-order valence-electron chi connectivity index (χ4n) is 1.58. The maximum Gasteiger partial charge on any atom is 0.261 e. The van der Waals surface area contributed by atoms with Crippen LogP contribution in [0.15, 0.2) is 9.85 Å². The van der Waals surface area contributed by atoms with Crippen LogP contribution in [0.3, 0.4) is 0 Å². The third kappa shape index (κ3) is 4.41. The van der Waals surface area contributed by atoms with Gasteiger partial charge in [-0.25, -0.2) is 0 Å². The Hall–Kier alpha value is -0.390. The number of thiophene rings is 1. The van der Waals surface area contributed by atoms with E-state index >= 15 is 0 Å². The van der Waals surface area contributed by atoms with Crippen molar-refractivity contribution < 1.29 is 9.53 Å². The van der Waals surface area contributed by atoms with Crippen LogP contribution >= 0.6 is 27.3 Å². The summed E-state index contributed by atoms with van der Waals surface area (Å²) in [6, 6.07) is 2.00. The number of hydrogen-bond acceptors (Lipinski definition) is 3. The van der Waals surface area contributed by atoms with Crippen LogP contribution < -0.4 is 5.32 Å². The summed E-state index contributed by atoms with van der Waals surface area (Å²) in [5.41, 5.74) is 1.10. The van der Waals surface area contributed by atoms with Crippen LogP contribution in [0, 0.1) is 6.92 Å². The minimum Gasteiger partial charge on any atom is -0.383 e. The number of ether oxygens (including phenoxy) is 1. The van der Waals surface area contributed by atoms with E-state index in [-0.39, 0.29) is 11.9 Å². The first-order valence-electron chi connectivity index (χ1n) is 5.64. The zero-order chi connectivity index (χ0) is 12.8. The first-order chi connectivity index (χ1) is 8.08. The highest BCUT2D eigenvalue weighted by atomic mass is 79.9. The molecule has 0 aliphatic heterocycles. The van der Waals surface area contributed by atoms with Crippen molar-refractivity contribution in [2.75, 3.05) is 13.7 Å². The summed E-state index contributed by atoms with van der Waals surface area (Å²) in [4.78, 5) is 12.7. The average Bonchev–Trinajstić information content (AvgIpc) is 2.60. The predicted molar refractivity (Wildman–Crippen MR) is 74.8 cm³/mol. The quantitative estimate of drug-likeness (QED) is 0.873. The van der Waals surface area contributed by atoms with E-state index in [4.69, 9.17) is 4.74 Å². The van der Waals surface area contributed by atoms with Gasteiger partial charge in [0.1, 0.15) is 0 Å². The fraction of sp³-hybridized carbons (Fsp3) is 0.583. The van der Waals surface area contributed by atoms with Gasteiger partial charge in [-0.3, -0.25) is 4.79 Å². The molecule has 1 rings (SSSR count). The smallest absolute Gasteiger partial charge is 0.261 e. The predicted octanol–water partition coefficient (Wildman–Crippen LogP) is 3.36. The molecular weight excluding hydrogens is 302 g/mol. The lowest BCUT2D eigenvalue weighted by Gasteiger charge is -2.16. The molecule has 3 nitrogen and oxygen atoms in total. The molecule has 1 aromatic heterocycles. The van der Waals surface area contributed by atoms with Crippen molar-refractivity contribution in [3.8, 4) is 0 Å². The van der Waals surface area contributed by atoms with E-state index < -0.39 is 0 Å². The standard InChI is InChI=1S/C12H18BrNO2S/c1-4-5-9(7-16-3)14-12(15)10-6-8(2)11(13)17-10/h6,9H,4-5,7H2,1-3H3,(H,14,15). The lowest BCUT2D eigenvalue weighted by Crippen LogP contribution is -2.37. The summed E-state index contributed by atoms with van der Waals surface area (Å²) in [5.74, 6) is -0.0145. The molecule has 0 aliphatic rings. The average molecular weight is 320 g/mol. The Morgan fingerprint density at radius 2 is 2.35 bits per heavy atom. The summed E-state index contributed by atoms with van der Waals surface area (Å²) < 4.78 is 6.12. The molecule has 96 valence electrons. The van der Waals surface area contributed by atoms with Gasteiger partial charge in [0.25, 0.3) is 5.91 Å². The van der Waals surface area contributed by atoms with Gasteiger partial charge in [0.15, 0.2) is 0 Å². The second-order valence-electron chi connectivity index (χ2n) is 3.98. The molecule has 1 unspecified atom stereocenters. The van der Waals surface area contributed by atoms with Gasteiger partial charge >= 0.3 is 0 Å². The van der Waals surface area contributed by atoms with Crippen LogP contribution in [0.5, 0.6) is 0 Å². The number of hydrogen-bond donors (Lipinski definition) is 1. The fourth-order valence-corrected chi connectivity index (χ4v) is 3.01. The molecule has 17 heavy (non-hydrogen) atoms. The SMILES string of the molecule is CCCC(COC)NC(=O)c1cc(C)c(Br)s1. The maximum atomic E-state index is 12.0. The van der Waals surface area contributed by atoms with E-state index in [1.807, 2.05) is 13.0 Å². The monoisotopic (exact) mass is 319 g/mol. The van der Waals surface area contributed by atoms with Gasteiger partial charge in [-0.1, -0.05) is 13.3 Å². The van der Waals surface area contributed by atoms with Gasteiger partial charge in [0.05, 0.1) is 21.3 Å². The summed E-state index contributed by atoms with van der Waals surface area (Å²) in [6.45, 7) is 4.64. The molecule has 0 bridgehead atoms. The van der Waals surface area contributed by atoms with Gasteiger partial charge in [0.2, 0.25) is 0 Å². The van der Waals surface area contributed by atoms with Crippen molar-refractivity contribution >= 4 is 33.2 Å². The molecule has 0 aliphatic carbocycles. The van der Waals surface area contributed by atoms with Crippen molar-refractivity contribution in [1.82, 2.24) is 5.32 Å². The summed E-state index contributed by atoms with van der Waals surface area (Å²) in [5, 5.41) is 3.00. The number of carbonyl (C=O) groups is 1. The van der Waals surface area contributed by atoms with Crippen LogP contribution in [0.4, 0.5) is 0 Å². The Morgan fingerprint density at radius 1 is 1.65 bits per heavy atom. The van der Waals surface area contributed by atoms with Gasteiger partial charge in [-0.2, -0.15) is 0 Å². The Kier molecular flexibility index (Phi) is 6.16. The molecule has 0 aromatic carbocycles. The number of nitrogens with one attached hydrogen (secondary N) is 1. The molecule has 0 spiro atoms. The highest BCUT2D eigenvalue weighted by Gasteiger charge is 2.15. The van der Waals surface area contributed by atoms with Gasteiger partial charge in [-0.05, 0) is 40.9 Å². The third-order valence-electron chi connectivity index (χ3n) is 2.42. The first-order valence-corrected chi connectivity index (χ1v) is 7.25. The second kappa shape index (κ2) is 7.13. The van der Waals surface area contributed by atoms with E-state index in [1.165, 1.54) is 11.3 Å². The zero-order valence-electron chi connectivity index (χ0n) is 10.4. The Balaban J connectivity index is 2.63. The number of rotatable bonds is 6. The zero-order valence-corrected chi connectivity index (χ0v) is 12.8. The summed E-state index contributed by atoms with van der Waals surface area (Å²) in [7, 11) is 1.65. The number of carbonyl (C=O) groups excluding carboxylic acids is 1. The van der Waals surface area contributed by atoms with E-state index in [0.717, 1.165) is 27.1 Å². The van der Waals surface area contributed by atoms with Crippen LogP contribution in [0.25, 0.3) is 0 Å². The molecule has 1 atom stereocenters. The molecule has 1 aromatic rings. The number of methoxy groups -OCH3 is 1. The molecule has 0 saturated carbocycles. The topological polar surface area (TPSA) is 38.3 Å². The molecule has 1 amide bonds. The highest BCUT2D eigenvalue weighted by Crippen LogP contribution is 2.27. The maximum absolute atomic E-state index is 12.0. The molecule has 1 N–H and O–H groups in total. The van der Waals surface area contributed by atoms with Crippen molar-refractivity contribution in [3.05, 3.63) is 20.3 Å². The molecular formula is C12H18BrNO2S. The number of aryl methyl sites for hydroxylation is 1. The largest absolute Gasteiger partial charge is 0.383 e. The Morgan fingerprint density at radius 3 is 2.82 bits per heavy atom. The van der Waals surface area contributed by atoms with Crippen molar-refractivity contribution in [2.45, 2.75) is 32.7 Å². The Bertz CT molecular complexity index is 353. The van der Waals surface area contributed by atoms with Crippen LogP contribution in [-0.2, 0) is 4.74 Å². The van der Waals surface area contributed by atoms with Crippen LogP contribution in [-0.4, -0.2) is 25.7 Å². The second-order valence-corrected chi connectivity index (χ2v) is 6.35. The summed E-state index contributed by atoms with van der Waals surface area (Å²) >= 11 is 4.89. The van der Waals surface area contributed by atoms with Gasteiger partial charge < -0.3 is 10.1 Å². The Labute approximate surface area is 115 Å². The van der Waals surface area contributed by atoms with Crippen LogP contribution in [0.1, 0.15) is 35.0 Å². The summed E-state index contributed by atoms with van der Waals surface area (Å²) in [6.07, 6.45) is 1.96. The van der Waals surface area contributed by atoms with Crippen molar-refractivity contribution in [2.24, 2.45) is 0 Å².